The summed E-state index contributed by atoms with van der Waals surface area (Å²) in [6.07, 6.45) is 1.51. The van der Waals surface area contributed by atoms with Gasteiger partial charge in [-0.15, -0.1) is 0 Å². The minimum absolute atomic E-state index is 0.187. The molecule has 1 amide bonds. The summed E-state index contributed by atoms with van der Waals surface area (Å²) in [5, 5.41) is 9.97. The molecule has 3 aromatic carbocycles. The first-order chi connectivity index (χ1) is 16.1. The van der Waals surface area contributed by atoms with Crippen LogP contribution in [0.5, 0.6) is 11.5 Å². The number of carbonyl (C=O) groups excluding carboxylic acids is 1. The van der Waals surface area contributed by atoms with Crippen LogP contribution in [0.15, 0.2) is 84.9 Å². The van der Waals surface area contributed by atoms with Crippen molar-refractivity contribution in [1.82, 2.24) is 4.90 Å². The average molecular weight is 446 g/mol. The molecule has 1 fully saturated rings. The Labute approximate surface area is 193 Å². The van der Waals surface area contributed by atoms with Gasteiger partial charge in [-0.25, -0.2) is 4.79 Å². The van der Waals surface area contributed by atoms with Gasteiger partial charge in [0.1, 0.15) is 18.1 Å². The molecule has 0 radical (unpaired) electrons. The zero-order valence-electron chi connectivity index (χ0n) is 18.3. The fraction of sp³-hybridized carbons (Fsp3) is 0.259. The molecule has 2 atom stereocenters. The molecule has 33 heavy (non-hydrogen) atoms. The molecule has 0 spiro atoms. The molecule has 4 rings (SSSR count). The van der Waals surface area contributed by atoms with Crippen LogP contribution < -0.4 is 4.74 Å². The van der Waals surface area contributed by atoms with Crippen molar-refractivity contribution < 1.29 is 24.2 Å². The number of rotatable bonds is 8. The molecule has 1 aliphatic rings. The molecule has 0 aromatic heterocycles. The van der Waals surface area contributed by atoms with Gasteiger partial charge in [-0.3, -0.25) is 4.79 Å². The molecule has 0 aliphatic carbocycles. The number of carboxylic acids is 1. The average Bonchev–Trinajstić information content (AvgIpc) is 3.31. The van der Waals surface area contributed by atoms with Gasteiger partial charge in [-0.1, -0.05) is 60.7 Å². The lowest BCUT2D eigenvalue weighted by atomic mass is 9.91. The quantitative estimate of drug-likeness (QED) is 0.471. The van der Waals surface area contributed by atoms with E-state index in [1.165, 1.54) is 0 Å². The Hall–Kier alpha value is -3.80. The summed E-state index contributed by atoms with van der Waals surface area (Å²) >= 11 is 0. The smallest absolute Gasteiger partial charge is 0.410 e. The summed E-state index contributed by atoms with van der Waals surface area (Å²) in [5.41, 5.74) is 1.57. The molecule has 6 heteroatoms. The van der Waals surface area contributed by atoms with Crippen LogP contribution in [-0.2, 0) is 16.1 Å². The van der Waals surface area contributed by atoms with E-state index in [1.54, 1.807) is 29.2 Å². The van der Waals surface area contributed by atoms with E-state index in [1.807, 2.05) is 60.7 Å². The van der Waals surface area contributed by atoms with Crippen molar-refractivity contribution in [2.75, 3.05) is 6.54 Å². The van der Waals surface area contributed by atoms with E-state index in [0.717, 1.165) is 18.4 Å². The second-order valence-electron chi connectivity index (χ2n) is 8.14. The van der Waals surface area contributed by atoms with Gasteiger partial charge in [0.25, 0.3) is 0 Å². The Kier molecular flexibility index (Phi) is 7.25. The fourth-order valence-corrected chi connectivity index (χ4v) is 4.19. The van der Waals surface area contributed by atoms with Gasteiger partial charge in [0.15, 0.2) is 0 Å². The minimum atomic E-state index is -0.920. The summed E-state index contributed by atoms with van der Waals surface area (Å²) in [5.74, 6) is -0.409. The Morgan fingerprint density at radius 2 is 1.64 bits per heavy atom. The van der Waals surface area contributed by atoms with Crippen LogP contribution in [0.25, 0.3) is 0 Å². The minimum Gasteiger partial charge on any atom is -0.481 e. The van der Waals surface area contributed by atoms with Crippen LogP contribution in [0, 0.1) is 0 Å². The number of amides is 1. The van der Waals surface area contributed by atoms with Crippen molar-refractivity contribution in [1.29, 1.82) is 0 Å². The molecule has 0 bridgehead atoms. The van der Waals surface area contributed by atoms with Gasteiger partial charge in [0.2, 0.25) is 0 Å². The largest absolute Gasteiger partial charge is 0.481 e. The highest BCUT2D eigenvalue weighted by Crippen LogP contribution is 2.32. The van der Waals surface area contributed by atoms with Gasteiger partial charge >= 0.3 is 12.1 Å². The third-order valence-corrected chi connectivity index (χ3v) is 5.86. The fourth-order valence-electron chi connectivity index (χ4n) is 4.19. The monoisotopic (exact) mass is 445 g/mol. The van der Waals surface area contributed by atoms with E-state index in [9.17, 15) is 14.7 Å². The van der Waals surface area contributed by atoms with Crippen molar-refractivity contribution in [3.8, 4) is 11.5 Å². The summed E-state index contributed by atoms with van der Waals surface area (Å²) in [6, 6.07) is 25.8. The number of aliphatic carboxylic acids is 1. The highest BCUT2D eigenvalue weighted by atomic mass is 16.6. The Balaban J connectivity index is 1.43. The summed E-state index contributed by atoms with van der Waals surface area (Å²) < 4.78 is 11.4. The maximum Gasteiger partial charge on any atom is 0.410 e. The van der Waals surface area contributed by atoms with Crippen LogP contribution in [-0.4, -0.2) is 34.7 Å². The predicted molar refractivity (Wildman–Crippen MR) is 124 cm³/mol. The van der Waals surface area contributed by atoms with E-state index in [-0.39, 0.29) is 12.6 Å². The molecule has 3 aromatic rings. The number of carbonyl (C=O) groups is 2. The van der Waals surface area contributed by atoms with Crippen molar-refractivity contribution in [3.05, 3.63) is 96.1 Å². The third kappa shape index (κ3) is 5.92. The Morgan fingerprint density at radius 1 is 0.939 bits per heavy atom. The number of para-hydroxylation sites is 1. The van der Waals surface area contributed by atoms with E-state index < -0.39 is 18.0 Å². The zero-order valence-corrected chi connectivity index (χ0v) is 18.3. The molecule has 170 valence electrons. The first-order valence-electron chi connectivity index (χ1n) is 11.1. The van der Waals surface area contributed by atoms with Crippen LogP contribution >= 0.6 is 0 Å². The zero-order chi connectivity index (χ0) is 23.0. The van der Waals surface area contributed by atoms with E-state index >= 15 is 0 Å². The molecule has 2 unspecified atom stereocenters. The highest BCUT2D eigenvalue weighted by Gasteiger charge is 2.34. The van der Waals surface area contributed by atoms with Crippen LogP contribution in [0.4, 0.5) is 4.79 Å². The third-order valence-electron chi connectivity index (χ3n) is 5.86. The van der Waals surface area contributed by atoms with Gasteiger partial charge in [0, 0.05) is 12.6 Å². The normalized spacial score (nSPS) is 16.2. The number of ether oxygens (including phenoxy) is 2. The maximum absolute atomic E-state index is 12.7. The van der Waals surface area contributed by atoms with Crippen molar-refractivity contribution in [3.63, 3.8) is 0 Å². The van der Waals surface area contributed by atoms with Gasteiger partial charge in [-0.05, 0) is 54.7 Å². The van der Waals surface area contributed by atoms with Crippen LogP contribution in [0.3, 0.4) is 0 Å². The lowest BCUT2D eigenvalue weighted by Crippen LogP contribution is -2.37. The summed E-state index contributed by atoms with van der Waals surface area (Å²) in [7, 11) is 0. The molecular weight excluding hydrogens is 418 g/mol. The molecule has 1 aliphatic heterocycles. The highest BCUT2D eigenvalue weighted by molar-refractivity contribution is 5.76. The van der Waals surface area contributed by atoms with E-state index in [2.05, 4.69) is 0 Å². The van der Waals surface area contributed by atoms with Gasteiger partial charge in [-0.2, -0.15) is 0 Å². The first kappa shape index (κ1) is 22.4. The Bertz CT molecular complexity index is 1070. The van der Waals surface area contributed by atoms with E-state index in [4.69, 9.17) is 9.47 Å². The molecule has 1 N–H and O–H groups in total. The van der Waals surface area contributed by atoms with E-state index in [0.29, 0.717) is 30.0 Å². The second kappa shape index (κ2) is 10.7. The topological polar surface area (TPSA) is 76.1 Å². The lowest BCUT2D eigenvalue weighted by molar-refractivity contribution is -0.139. The first-order valence-corrected chi connectivity index (χ1v) is 11.1. The number of likely N-dealkylation sites (tertiary alicyclic amines) is 1. The van der Waals surface area contributed by atoms with Crippen molar-refractivity contribution in [2.24, 2.45) is 0 Å². The second-order valence-corrected chi connectivity index (χ2v) is 8.14. The van der Waals surface area contributed by atoms with Gasteiger partial charge < -0.3 is 19.5 Å². The summed E-state index contributed by atoms with van der Waals surface area (Å²) in [6.45, 7) is 0.770. The Morgan fingerprint density at radius 3 is 2.36 bits per heavy atom. The van der Waals surface area contributed by atoms with Crippen molar-refractivity contribution >= 4 is 12.1 Å². The van der Waals surface area contributed by atoms with Crippen LogP contribution in [0.1, 0.15) is 36.3 Å². The number of hydrogen-bond acceptors (Lipinski definition) is 4. The number of benzene rings is 3. The number of nitrogens with zero attached hydrogens (tertiary/aromatic N) is 1. The number of carboxylic acid groups (broad SMARTS) is 1. The summed E-state index contributed by atoms with van der Waals surface area (Å²) in [4.78, 5) is 26.5. The molecule has 0 saturated carbocycles. The molecule has 6 nitrogen and oxygen atoms in total. The SMILES string of the molecule is O=C(O)C(CC1CCCN1C(=O)OCc1ccccc1)c1cccc(Oc2ccccc2)c1. The number of hydrogen-bond donors (Lipinski definition) is 1. The molecule has 1 heterocycles. The standard InChI is InChI=1S/C27H27NO5/c29-26(30)25(21-11-7-15-24(17-21)33-23-13-5-2-6-14-23)18-22-12-8-16-28(22)27(31)32-19-20-9-3-1-4-10-20/h1-7,9-11,13-15,17,22,25H,8,12,16,18-19H2,(H,29,30). The lowest BCUT2D eigenvalue weighted by Gasteiger charge is -2.26. The predicted octanol–water partition coefficient (Wildman–Crippen LogP) is 5.84. The molecule has 1 saturated heterocycles. The van der Waals surface area contributed by atoms with Gasteiger partial charge in [0.05, 0.1) is 5.92 Å². The van der Waals surface area contributed by atoms with Crippen LogP contribution in [0.2, 0.25) is 0 Å². The molecular formula is C27H27NO5. The van der Waals surface area contributed by atoms with Crippen molar-refractivity contribution in [2.45, 2.75) is 37.8 Å². The maximum atomic E-state index is 12.7.